The summed E-state index contributed by atoms with van der Waals surface area (Å²) in [5.74, 6) is 0.409. The number of hydrogen-bond donors (Lipinski definition) is 0. The zero-order valence-corrected chi connectivity index (χ0v) is 20.3. The third-order valence-electron chi connectivity index (χ3n) is 6.55. The first-order valence-corrected chi connectivity index (χ1v) is 12.2. The van der Waals surface area contributed by atoms with Crippen molar-refractivity contribution in [2.24, 2.45) is 0 Å². The number of carbonyl (C=O) groups is 1. The van der Waals surface area contributed by atoms with Crippen LogP contribution in [0.3, 0.4) is 0 Å². The average Bonchev–Trinajstić information content (AvgIpc) is 3.23. The molecule has 0 N–H and O–H groups in total. The van der Waals surface area contributed by atoms with E-state index in [1.807, 2.05) is 71.6 Å². The lowest BCUT2D eigenvalue weighted by Gasteiger charge is -2.22. The van der Waals surface area contributed by atoms with Crippen LogP contribution in [0.15, 0.2) is 85.1 Å². The number of nitrogens with zero attached hydrogens (tertiary/aromatic N) is 4. The molecule has 1 amide bonds. The van der Waals surface area contributed by atoms with E-state index in [0.29, 0.717) is 48.7 Å². The summed E-state index contributed by atoms with van der Waals surface area (Å²) in [6.07, 6.45) is 2.62. The minimum atomic E-state index is -0.190. The molecule has 5 rings (SSSR count). The van der Waals surface area contributed by atoms with Crippen LogP contribution in [0.2, 0.25) is 0 Å². The van der Waals surface area contributed by atoms with E-state index < -0.39 is 0 Å². The van der Waals surface area contributed by atoms with Gasteiger partial charge in [0.25, 0.3) is 5.91 Å². The fourth-order valence-electron chi connectivity index (χ4n) is 4.65. The van der Waals surface area contributed by atoms with Crippen molar-refractivity contribution in [3.8, 4) is 22.7 Å². The van der Waals surface area contributed by atoms with E-state index >= 15 is 0 Å². The summed E-state index contributed by atoms with van der Waals surface area (Å²) in [6, 6.07) is 24.2. The second-order valence-electron chi connectivity index (χ2n) is 8.89. The summed E-state index contributed by atoms with van der Waals surface area (Å²) in [5, 5.41) is 4.82. The van der Waals surface area contributed by atoms with Gasteiger partial charge in [-0.3, -0.25) is 9.69 Å². The molecule has 1 saturated heterocycles. The molecular formula is C29H29FN4O2. The molecular weight excluding hydrogens is 455 g/mol. The Balaban J connectivity index is 1.42. The first-order chi connectivity index (χ1) is 17.6. The molecule has 0 bridgehead atoms. The van der Waals surface area contributed by atoms with E-state index in [0.717, 1.165) is 24.2 Å². The minimum Gasteiger partial charge on any atom is -0.496 e. The summed E-state index contributed by atoms with van der Waals surface area (Å²) in [4.78, 5) is 18.0. The van der Waals surface area contributed by atoms with Crippen LogP contribution in [0, 0.1) is 5.82 Å². The number of para-hydroxylation sites is 2. The summed E-state index contributed by atoms with van der Waals surface area (Å²) in [6.45, 7) is 3.22. The smallest absolute Gasteiger partial charge is 0.257 e. The van der Waals surface area contributed by atoms with Gasteiger partial charge in [0, 0.05) is 50.0 Å². The number of aromatic nitrogens is 2. The lowest BCUT2D eigenvalue weighted by Crippen LogP contribution is -2.35. The summed E-state index contributed by atoms with van der Waals surface area (Å²) in [5.41, 5.74) is 3.45. The Bertz CT molecular complexity index is 1340. The topological polar surface area (TPSA) is 50.6 Å². The van der Waals surface area contributed by atoms with Crippen LogP contribution in [-0.4, -0.2) is 58.8 Å². The van der Waals surface area contributed by atoms with Gasteiger partial charge in [-0.1, -0.05) is 48.5 Å². The number of amides is 1. The molecule has 1 aromatic heterocycles. The molecule has 184 valence electrons. The van der Waals surface area contributed by atoms with Crippen molar-refractivity contribution >= 4 is 5.91 Å². The van der Waals surface area contributed by atoms with E-state index in [9.17, 15) is 9.18 Å². The largest absolute Gasteiger partial charge is 0.496 e. The first kappa shape index (κ1) is 23.8. The van der Waals surface area contributed by atoms with Crippen LogP contribution in [0.25, 0.3) is 16.9 Å². The molecule has 3 aromatic carbocycles. The van der Waals surface area contributed by atoms with Gasteiger partial charge < -0.3 is 9.64 Å². The Labute approximate surface area is 210 Å². The lowest BCUT2D eigenvalue weighted by atomic mass is 10.1. The van der Waals surface area contributed by atoms with Crippen LogP contribution < -0.4 is 4.74 Å². The fraction of sp³-hybridized carbons (Fsp3) is 0.241. The predicted molar refractivity (Wildman–Crippen MR) is 138 cm³/mol. The number of benzene rings is 3. The van der Waals surface area contributed by atoms with Gasteiger partial charge in [-0.15, -0.1) is 0 Å². The zero-order chi connectivity index (χ0) is 24.9. The van der Waals surface area contributed by atoms with Crippen molar-refractivity contribution in [2.45, 2.75) is 13.0 Å². The van der Waals surface area contributed by atoms with E-state index in [4.69, 9.17) is 9.84 Å². The van der Waals surface area contributed by atoms with Crippen molar-refractivity contribution in [2.75, 3.05) is 33.3 Å². The maximum atomic E-state index is 14.2. The first-order valence-electron chi connectivity index (χ1n) is 12.2. The van der Waals surface area contributed by atoms with E-state index in [1.54, 1.807) is 24.1 Å². The Morgan fingerprint density at radius 3 is 2.47 bits per heavy atom. The molecule has 0 saturated carbocycles. The summed E-state index contributed by atoms with van der Waals surface area (Å²) < 4.78 is 21.5. The molecule has 1 aliphatic rings. The average molecular weight is 485 g/mol. The van der Waals surface area contributed by atoms with E-state index in [1.165, 1.54) is 6.07 Å². The van der Waals surface area contributed by atoms with Crippen LogP contribution in [0.1, 0.15) is 22.3 Å². The van der Waals surface area contributed by atoms with Gasteiger partial charge in [-0.25, -0.2) is 9.07 Å². The van der Waals surface area contributed by atoms with Gasteiger partial charge in [0.1, 0.15) is 17.3 Å². The van der Waals surface area contributed by atoms with Crippen molar-refractivity contribution < 1.29 is 13.9 Å². The molecule has 0 atom stereocenters. The maximum absolute atomic E-state index is 14.2. The normalized spacial score (nSPS) is 14.4. The standard InChI is InChI=1S/C29H29FN4O2/c1-36-27-15-8-6-13-24(27)28-25(21-34(31-28)23-11-3-2-4-12-23)29(35)33-17-9-16-32(18-19-33)20-22-10-5-7-14-26(22)30/h2-8,10-15,21H,9,16-20H2,1H3. The molecule has 0 spiro atoms. The number of hydrogen-bond acceptors (Lipinski definition) is 4. The van der Waals surface area contributed by atoms with Crippen molar-refractivity contribution in [3.05, 3.63) is 102 Å². The highest BCUT2D eigenvalue weighted by Gasteiger charge is 2.27. The molecule has 1 aliphatic heterocycles. The van der Waals surface area contributed by atoms with Gasteiger partial charge in [0.05, 0.1) is 18.4 Å². The summed E-state index contributed by atoms with van der Waals surface area (Å²) in [7, 11) is 1.62. The quantitative estimate of drug-likeness (QED) is 0.385. The number of carbonyl (C=O) groups excluding carboxylic acids is 1. The monoisotopic (exact) mass is 484 g/mol. The highest BCUT2D eigenvalue weighted by atomic mass is 19.1. The van der Waals surface area contributed by atoms with E-state index in [-0.39, 0.29) is 11.7 Å². The predicted octanol–water partition coefficient (Wildman–Crippen LogP) is 5.04. The van der Waals surface area contributed by atoms with E-state index in [2.05, 4.69) is 4.90 Å². The molecule has 2 heterocycles. The van der Waals surface area contributed by atoms with Gasteiger partial charge in [0.15, 0.2) is 0 Å². The number of halogens is 1. The van der Waals surface area contributed by atoms with Crippen LogP contribution >= 0.6 is 0 Å². The third kappa shape index (κ3) is 5.02. The van der Waals surface area contributed by atoms with Gasteiger partial charge in [0.2, 0.25) is 0 Å². The Morgan fingerprint density at radius 1 is 0.917 bits per heavy atom. The molecule has 4 aromatic rings. The maximum Gasteiger partial charge on any atom is 0.257 e. The molecule has 0 radical (unpaired) electrons. The minimum absolute atomic E-state index is 0.0640. The number of methoxy groups -OCH3 is 1. The number of rotatable bonds is 6. The molecule has 7 heteroatoms. The second-order valence-corrected chi connectivity index (χ2v) is 8.89. The third-order valence-corrected chi connectivity index (χ3v) is 6.55. The van der Waals surface area contributed by atoms with Gasteiger partial charge >= 0.3 is 0 Å². The molecule has 0 aliphatic carbocycles. The van der Waals surface area contributed by atoms with Crippen LogP contribution in [0.4, 0.5) is 4.39 Å². The van der Waals surface area contributed by atoms with Crippen LogP contribution in [-0.2, 0) is 6.54 Å². The second kappa shape index (κ2) is 10.7. The highest BCUT2D eigenvalue weighted by molar-refractivity contribution is 6.00. The Kier molecular flexibility index (Phi) is 7.09. The molecule has 0 unspecified atom stereocenters. The van der Waals surface area contributed by atoms with Gasteiger partial charge in [-0.05, 0) is 36.8 Å². The van der Waals surface area contributed by atoms with Crippen LogP contribution in [0.5, 0.6) is 5.75 Å². The molecule has 1 fully saturated rings. The molecule has 36 heavy (non-hydrogen) atoms. The molecule has 6 nitrogen and oxygen atoms in total. The van der Waals surface area contributed by atoms with Crippen molar-refractivity contribution in [1.82, 2.24) is 19.6 Å². The lowest BCUT2D eigenvalue weighted by molar-refractivity contribution is 0.0761. The zero-order valence-electron chi connectivity index (χ0n) is 20.3. The highest BCUT2D eigenvalue weighted by Crippen LogP contribution is 2.32. The Morgan fingerprint density at radius 2 is 1.67 bits per heavy atom. The summed E-state index contributed by atoms with van der Waals surface area (Å²) >= 11 is 0. The fourth-order valence-corrected chi connectivity index (χ4v) is 4.65. The van der Waals surface area contributed by atoms with Crippen molar-refractivity contribution in [1.29, 1.82) is 0 Å². The Hall–Kier alpha value is -3.97. The SMILES string of the molecule is COc1ccccc1-c1nn(-c2ccccc2)cc1C(=O)N1CCCN(Cc2ccccc2F)CC1. The van der Waals surface area contributed by atoms with Crippen molar-refractivity contribution in [3.63, 3.8) is 0 Å². The number of ether oxygens (including phenoxy) is 1. The van der Waals surface area contributed by atoms with Gasteiger partial charge in [-0.2, -0.15) is 5.10 Å².